The monoisotopic (exact) mass is 272 g/mol. The molecule has 0 spiro atoms. The van der Waals surface area contributed by atoms with E-state index in [0.717, 1.165) is 41.6 Å². The maximum Gasteiger partial charge on any atom is 0.131 e. The van der Waals surface area contributed by atoms with Gasteiger partial charge in [-0.3, -0.25) is 0 Å². The normalized spacial score (nSPS) is 10.2. The fourth-order valence-corrected chi connectivity index (χ4v) is 2.53. The van der Waals surface area contributed by atoms with Gasteiger partial charge in [-0.1, -0.05) is 6.92 Å². The van der Waals surface area contributed by atoms with Gasteiger partial charge in [0.2, 0.25) is 0 Å². The van der Waals surface area contributed by atoms with E-state index in [4.69, 9.17) is 5.26 Å². The topological polar surface area (TPSA) is 61.6 Å². The number of nitrogens with one attached hydrogen (secondary N) is 1. The van der Waals surface area contributed by atoms with Gasteiger partial charge in [0.15, 0.2) is 0 Å². The van der Waals surface area contributed by atoms with Crippen molar-refractivity contribution >= 4 is 17.2 Å². The first-order valence-electron chi connectivity index (χ1n) is 6.39. The van der Waals surface area contributed by atoms with Gasteiger partial charge in [0.05, 0.1) is 10.6 Å². The van der Waals surface area contributed by atoms with Crippen LogP contribution >= 0.6 is 11.3 Å². The molecule has 1 N–H and O–H groups in total. The summed E-state index contributed by atoms with van der Waals surface area (Å²) in [5.74, 6) is 1.70. The van der Waals surface area contributed by atoms with Crippen LogP contribution in [0.15, 0.2) is 18.2 Å². The minimum Gasteiger partial charge on any atom is -0.370 e. The van der Waals surface area contributed by atoms with Crippen LogP contribution in [0.25, 0.3) is 10.6 Å². The summed E-state index contributed by atoms with van der Waals surface area (Å²) in [6.07, 6.45) is 1.88. The lowest BCUT2D eigenvalue weighted by Crippen LogP contribution is -2.04. The van der Waals surface area contributed by atoms with Crippen molar-refractivity contribution in [3.8, 4) is 16.6 Å². The van der Waals surface area contributed by atoms with E-state index in [1.807, 2.05) is 25.1 Å². The van der Waals surface area contributed by atoms with Crippen molar-refractivity contribution in [2.75, 3.05) is 11.9 Å². The first-order valence-corrected chi connectivity index (χ1v) is 7.20. The summed E-state index contributed by atoms with van der Waals surface area (Å²) in [6, 6.07) is 7.87. The summed E-state index contributed by atoms with van der Waals surface area (Å²) in [5.41, 5.74) is 0.890. The van der Waals surface area contributed by atoms with Crippen LogP contribution in [0.1, 0.15) is 31.0 Å². The Bertz CT molecular complexity index is 573. The maximum atomic E-state index is 8.89. The summed E-state index contributed by atoms with van der Waals surface area (Å²) < 4.78 is 0. The number of anilines is 1. The Labute approximate surface area is 117 Å². The Hall–Kier alpha value is -1.93. The third-order valence-corrected chi connectivity index (χ3v) is 3.59. The summed E-state index contributed by atoms with van der Waals surface area (Å²) in [4.78, 5) is 10.8. The molecule has 2 rings (SSSR count). The Kier molecular flexibility index (Phi) is 4.48. The molecular formula is C14H16N4S. The predicted molar refractivity (Wildman–Crippen MR) is 78.2 cm³/mol. The van der Waals surface area contributed by atoms with Crippen molar-refractivity contribution in [1.29, 1.82) is 5.26 Å². The quantitative estimate of drug-likeness (QED) is 0.905. The first kappa shape index (κ1) is 13.5. The van der Waals surface area contributed by atoms with E-state index in [9.17, 15) is 0 Å². The van der Waals surface area contributed by atoms with E-state index >= 15 is 0 Å². The van der Waals surface area contributed by atoms with Gasteiger partial charge in [-0.25, -0.2) is 9.97 Å². The van der Waals surface area contributed by atoms with E-state index < -0.39 is 0 Å². The molecule has 2 aromatic rings. The van der Waals surface area contributed by atoms with Gasteiger partial charge in [-0.05, 0) is 25.5 Å². The molecule has 5 heteroatoms. The van der Waals surface area contributed by atoms with E-state index in [1.54, 1.807) is 0 Å². The average Bonchev–Trinajstić information content (AvgIpc) is 2.88. The third-order valence-electron chi connectivity index (χ3n) is 2.57. The number of hydrogen-bond donors (Lipinski definition) is 1. The van der Waals surface area contributed by atoms with Crippen LogP contribution in [-0.2, 0) is 6.42 Å². The number of aryl methyl sites for hydroxylation is 1. The van der Waals surface area contributed by atoms with Crippen molar-refractivity contribution in [2.45, 2.75) is 26.7 Å². The molecule has 4 nitrogen and oxygen atoms in total. The zero-order valence-corrected chi connectivity index (χ0v) is 11.9. The number of hydrogen-bond acceptors (Lipinski definition) is 5. The largest absolute Gasteiger partial charge is 0.370 e. The highest BCUT2D eigenvalue weighted by molar-refractivity contribution is 7.15. The van der Waals surface area contributed by atoms with Gasteiger partial charge < -0.3 is 5.32 Å². The minimum absolute atomic E-state index is 0.704. The lowest BCUT2D eigenvalue weighted by atomic mass is 10.2. The SMILES string of the molecule is CCCc1nc(NCC)cc(-c2ccc(C#N)s2)n1. The van der Waals surface area contributed by atoms with Crippen molar-refractivity contribution < 1.29 is 0 Å². The highest BCUT2D eigenvalue weighted by Gasteiger charge is 2.08. The van der Waals surface area contributed by atoms with Gasteiger partial charge in [0, 0.05) is 19.0 Å². The summed E-state index contributed by atoms with van der Waals surface area (Å²) >= 11 is 1.46. The molecule has 2 aromatic heterocycles. The van der Waals surface area contributed by atoms with E-state index in [-0.39, 0.29) is 0 Å². The molecule has 2 heterocycles. The molecule has 0 aromatic carbocycles. The second kappa shape index (κ2) is 6.30. The summed E-state index contributed by atoms with van der Waals surface area (Å²) in [6.45, 7) is 4.98. The summed E-state index contributed by atoms with van der Waals surface area (Å²) in [5, 5.41) is 12.1. The first-order chi connectivity index (χ1) is 9.26. The van der Waals surface area contributed by atoms with Gasteiger partial charge >= 0.3 is 0 Å². The lowest BCUT2D eigenvalue weighted by Gasteiger charge is -2.07. The van der Waals surface area contributed by atoms with E-state index in [1.165, 1.54) is 11.3 Å². The zero-order valence-electron chi connectivity index (χ0n) is 11.1. The van der Waals surface area contributed by atoms with Gasteiger partial charge in [-0.15, -0.1) is 11.3 Å². The van der Waals surface area contributed by atoms with Crippen LogP contribution in [0.5, 0.6) is 0 Å². The van der Waals surface area contributed by atoms with Crippen molar-refractivity contribution in [3.63, 3.8) is 0 Å². The van der Waals surface area contributed by atoms with Crippen LogP contribution in [0.2, 0.25) is 0 Å². The van der Waals surface area contributed by atoms with Gasteiger partial charge in [0.1, 0.15) is 22.6 Å². The molecule has 19 heavy (non-hydrogen) atoms. The zero-order chi connectivity index (χ0) is 13.7. The van der Waals surface area contributed by atoms with Crippen molar-refractivity contribution in [2.24, 2.45) is 0 Å². The Morgan fingerprint density at radius 1 is 1.32 bits per heavy atom. The molecule has 0 saturated heterocycles. The number of rotatable bonds is 5. The predicted octanol–water partition coefficient (Wildman–Crippen LogP) is 3.46. The second-order valence-corrected chi connectivity index (χ2v) is 5.19. The molecule has 0 bridgehead atoms. The van der Waals surface area contributed by atoms with Gasteiger partial charge in [-0.2, -0.15) is 5.26 Å². The lowest BCUT2D eigenvalue weighted by molar-refractivity contribution is 0.837. The highest BCUT2D eigenvalue weighted by Crippen LogP contribution is 2.27. The molecule has 0 amide bonds. The van der Waals surface area contributed by atoms with Crippen LogP contribution in [-0.4, -0.2) is 16.5 Å². The van der Waals surface area contributed by atoms with Crippen LogP contribution < -0.4 is 5.32 Å². The Morgan fingerprint density at radius 2 is 2.16 bits per heavy atom. The Balaban J connectivity index is 2.40. The highest BCUT2D eigenvalue weighted by atomic mass is 32.1. The molecule has 0 fully saturated rings. The average molecular weight is 272 g/mol. The Morgan fingerprint density at radius 3 is 2.79 bits per heavy atom. The molecule has 0 unspecified atom stereocenters. The third kappa shape index (κ3) is 3.30. The van der Waals surface area contributed by atoms with E-state index in [2.05, 4.69) is 28.3 Å². The number of thiophene rings is 1. The molecular weight excluding hydrogens is 256 g/mol. The number of nitrogens with zero attached hydrogens (tertiary/aromatic N) is 3. The van der Waals surface area contributed by atoms with Crippen LogP contribution in [0, 0.1) is 11.3 Å². The molecule has 0 atom stereocenters. The summed E-state index contributed by atoms with van der Waals surface area (Å²) in [7, 11) is 0. The number of nitriles is 1. The fourth-order valence-electron chi connectivity index (χ4n) is 1.77. The number of aromatic nitrogens is 2. The molecule has 0 aliphatic rings. The standard InChI is InChI=1S/C14H16N4S/c1-3-5-13-17-11(8-14(18-13)16-4-2)12-7-6-10(9-15)19-12/h6-8H,3-5H2,1-2H3,(H,16,17,18). The molecule has 0 saturated carbocycles. The van der Waals surface area contributed by atoms with Crippen LogP contribution in [0.3, 0.4) is 0 Å². The molecule has 0 aliphatic carbocycles. The molecule has 98 valence electrons. The minimum atomic E-state index is 0.704. The van der Waals surface area contributed by atoms with Crippen LogP contribution in [0.4, 0.5) is 5.82 Å². The van der Waals surface area contributed by atoms with Crippen molar-refractivity contribution in [3.05, 3.63) is 28.9 Å². The van der Waals surface area contributed by atoms with Crippen molar-refractivity contribution in [1.82, 2.24) is 9.97 Å². The van der Waals surface area contributed by atoms with Gasteiger partial charge in [0.25, 0.3) is 0 Å². The fraction of sp³-hybridized carbons (Fsp3) is 0.357. The maximum absolute atomic E-state index is 8.89. The van der Waals surface area contributed by atoms with E-state index in [0.29, 0.717) is 4.88 Å². The molecule has 0 aliphatic heterocycles. The smallest absolute Gasteiger partial charge is 0.131 e. The molecule has 0 radical (unpaired) electrons. The second-order valence-electron chi connectivity index (χ2n) is 4.11.